The minimum atomic E-state index is -2.23. The Balaban J connectivity index is 2.53. The zero-order chi connectivity index (χ0) is 48.4. The summed E-state index contributed by atoms with van der Waals surface area (Å²) in [6.07, 6.45) is 25.7. The van der Waals surface area contributed by atoms with Gasteiger partial charge in [0.05, 0.1) is 30.6 Å². The maximum Gasteiger partial charge on any atom is 0.307 e. The van der Waals surface area contributed by atoms with Gasteiger partial charge in [0.25, 0.3) is 0 Å². The largest absolute Gasteiger partial charge is 0.445 e. The molecule has 0 aromatic carbocycles. The number of unbranched alkanes of at least 4 members (excludes halogenated alkanes) is 14. The third-order valence-electron chi connectivity index (χ3n) is 12.7. The van der Waals surface area contributed by atoms with Crippen LogP contribution in [0.25, 0.3) is 0 Å². The summed E-state index contributed by atoms with van der Waals surface area (Å²) in [6, 6.07) is 4.28. The molecular formula is C51H100N2O8Si4. The fraction of sp³-hybridized carbons (Fsp3) is 0.863. The lowest BCUT2D eigenvalue weighted by atomic mass is 10.0. The molecule has 0 spiro atoms. The highest BCUT2D eigenvalue weighted by molar-refractivity contribution is 6.72. The van der Waals surface area contributed by atoms with Gasteiger partial charge in [0.1, 0.15) is 12.0 Å². The lowest BCUT2D eigenvalue weighted by Gasteiger charge is -2.44. The van der Waals surface area contributed by atoms with E-state index >= 15 is 0 Å². The second-order valence-corrected chi connectivity index (χ2v) is 38.5. The number of hydrogen-bond acceptors (Lipinski definition) is 10. The molecule has 0 aliphatic carbocycles. The van der Waals surface area contributed by atoms with Gasteiger partial charge < -0.3 is 31.3 Å². The van der Waals surface area contributed by atoms with E-state index in [0.29, 0.717) is 24.3 Å². The molecule has 0 aliphatic heterocycles. The summed E-state index contributed by atoms with van der Waals surface area (Å²) >= 11 is 0. The van der Waals surface area contributed by atoms with Crippen LogP contribution in [0.4, 0.5) is 0 Å². The molecule has 2 heterocycles. The smallest absolute Gasteiger partial charge is 0.307 e. The van der Waals surface area contributed by atoms with Gasteiger partial charge in [0.15, 0.2) is 45.4 Å². The number of carbonyl (C=O) groups excluding carboxylic acids is 1. The Labute approximate surface area is 403 Å². The van der Waals surface area contributed by atoms with Crippen LogP contribution < -0.4 is 0 Å². The predicted molar refractivity (Wildman–Crippen MR) is 280 cm³/mol. The molecule has 0 fully saturated rings. The van der Waals surface area contributed by atoms with E-state index in [4.69, 9.17) is 36.3 Å². The first-order chi connectivity index (χ1) is 30.8. The van der Waals surface area contributed by atoms with Crippen molar-refractivity contribution >= 4 is 39.2 Å². The van der Waals surface area contributed by atoms with E-state index < -0.39 is 45.5 Å². The summed E-state index contributed by atoms with van der Waals surface area (Å²) in [5, 5.41) is 0. The highest BCUT2D eigenvalue weighted by Crippen LogP contribution is 2.37. The average molecular weight is 982 g/mol. The Hall–Kier alpha value is -1.40. The number of nitrogens with zero attached hydrogens (tertiary/aromatic N) is 2. The first kappa shape index (κ1) is 59.7. The highest BCUT2D eigenvalue weighted by Gasteiger charge is 2.43. The molecule has 5 atom stereocenters. The molecule has 0 saturated heterocycles. The minimum Gasteiger partial charge on any atom is -0.445 e. The van der Waals surface area contributed by atoms with Crippen molar-refractivity contribution in [3.63, 3.8) is 0 Å². The SMILES string of the molecule is CCCCCCCCCCCCCC(=O)OC(c1cnco1)c1nc(C(CC(O[Si](C)(C)CCCC)C(O[Si](C)(C)CCCC)C(C)O[Si](C)(C)CCCC)O[Si](C)(C)CCCC)co1. The van der Waals surface area contributed by atoms with Crippen molar-refractivity contribution in [2.45, 2.75) is 283 Å². The molecule has 0 bridgehead atoms. The van der Waals surface area contributed by atoms with E-state index in [2.05, 4.69) is 98.9 Å². The molecule has 14 heteroatoms. The highest BCUT2D eigenvalue weighted by atomic mass is 28.4. The van der Waals surface area contributed by atoms with Gasteiger partial charge in [-0.3, -0.25) is 4.79 Å². The Morgan fingerprint density at radius 2 is 1.05 bits per heavy atom. The Morgan fingerprint density at radius 1 is 0.585 bits per heavy atom. The van der Waals surface area contributed by atoms with Crippen molar-refractivity contribution in [1.29, 1.82) is 0 Å². The van der Waals surface area contributed by atoms with Gasteiger partial charge in [-0.1, -0.05) is 150 Å². The summed E-state index contributed by atoms with van der Waals surface area (Å²) in [5.41, 5.74) is 0.664. The average Bonchev–Trinajstić information content (AvgIpc) is 3.97. The van der Waals surface area contributed by atoms with Crippen LogP contribution in [0.3, 0.4) is 0 Å². The van der Waals surface area contributed by atoms with Crippen molar-refractivity contribution in [3.8, 4) is 0 Å². The van der Waals surface area contributed by atoms with Gasteiger partial charge in [-0.15, -0.1) is 0 Å². The number of oxazole rings is 2. The number of aromatic nitrogens is 2. The first-order valence-electron chi connectivity index (χ1n) is 26.6. The maximum absolute atomic E-state index is 13.4. The van der Waals surface area contributed by atoms with Gasteiger partial charge in [-0.2, -0.15) is 0 Å². The van der Waals surface area contributed by atoms with Crippen LogP contribution in [0.15, 0.2) is 27.7 Å². The summed E-state index contributed by atoms with van der Waals surface area (Å²) in [7, 11) is -8.60. The molecule has 2 rings (SSSR count). The van der Waals surface area contributed by atoms with E-state index in [9.17, 15) is 4.79 Å². The summed E-state index contributed by atoms with van der Waals surface area (Å²) in [6.45, 7) is 32.3. The van der Waals surface area contributed by atoms with Crippen molar-refractivity contribution in [3.05, 3.63) is 36.2 Å². The molecule has 378 valence electrons. The van der Waals surface area contributed by atoms with Crippen LogP contribution in [-0.4, -0.2) is 67.5 Å². The van der Waals surface area contributed by atoms with Gasteiger partial charge in [-0.25, -0.2) is 9.97 Å². The molecule has 2 aromatic heterocycles. The number of esters is 1. The maximum atomic E-state index is 13.4. The second kappa shape index (κ2) is 31.7. The van der Waals surface area contributed by atoms with Gasteiger partial charge in [0, 0.05) is 12.8 Å². The van der Waals surface area contributed by atoms with Crippen LogP contribution in [0.2, 0.25) is 76.6 Å². The first-order valence-corrected chi connectivity index (χ1v) is 39.0. The number of ether oxygens (including phenoxy) is 1. The predicted octanol–water partition coefficient (Wildman–Crippen LogP) is 16.6. The standard InChI is InChI=1S/C51H100N2O8Si4/c1-15-20-25-26-27-28-29-30-31-32-33-34-48(54)57-50(47-40-52-42-56-47)51-53-44(41-55-51)45(59-63(9,10)36-22-17-3)39-46(60-64(11,12)37-23-18-4)49(61-65(13,14)38-24-19-5)43(6)58-62(7,8)35-21-16-2/h40-43,45-46,49-50H,15-39H2,1-14H3. The van der Waals surface area contributed by atoms with Crippen LogP contribution in [0.1, 0.15) is 206 Å². The molecule has 0 amide bonds. The molecule has 0 aliphatic rings. The molecule has 0 N–H and O–H groups in total. The summed E-state index contributed by atoms with van der Waals surface area (Å²) in [5.74, 6) is 0.325. The summed E-state index contributed by atoms with van der Waals surface area (Å²) in [4.78, 5) is 22.7. The number of carbonyl (C=O) groups is 1. The monoisotopic (exact) mass is 981 g/mol. The Morgan fingerprint density at radius 3 is 1.54 bits per heavy atom. The molecule has 65 heavy (non-hydrogen) atoms. The molecule has 10 nitrogen and oxygen atoms in total. The zero-order valence-corrected chi connectivity index (χ0v) is 48.5. The minimum absolute atomic E-state index is 0.169. The van der Waals surface area contributed by atoms with E-state index in [1.54, 1.807) is 12.5 Å². The topological polar surface area (TPSA) is 115 Å². The van der Waals surface area contributed by atoms with Crippen LogP contribution in [0, 0.1) is 0 Å². The number of rotatable bonds is 40. The van der Waals surface area contributed by atoms with Crippen molar-refractivity contribution in [2.24, 2.45) is 0 Å². The Kier molecular flexibility index (Phi) is 29.1. The third-order valence-corrected chi connectivity index (χ3v) is 22.7. The van der Waals surface area contributed by atoms with Gasteiger partial charge in [-0.05, 0) is 89.9 Å². The van der Waals surface area contributed by atoms with Crippen LogP contribution in [0.5, 0.6) is 0 Å². The molecule has 2 aromatic rings. The molecule has 0 radical (unpaired) electrons. The second-order valence-electron chi connectivity index (χ2n) is 21.5. The lowest BCUT2D eigenvalue weighted by molar-refractivity contribution is -0.149. The quantitative estimate of drug-likeness (QED) is 0.0363. The lowest BCUT2D eigenvalue weighted by Crippen LogP contribution is -2.54. The van der Waals surface area contributed by atoms with Crippen molar-refractivity contribution < 1.29 is 36.1 Å². The third kappa shape index (κ3) is 25.2. The van der Waals surface area contributed by atoms with Crippen molar-refractivity contribution in [2.75, 3.05) is 0 Å². The van der Waals surface area contributed by atoms with Crippen LogP contribution >= 0.6 is 0 Å². The normalized spacial score (nSPS) is 15.2. The molecule has 5 unspecified atom stereocenters. The van der Waals surface area contributed by atoms with Gasteiger partial charge >= 0.3 is 5.97 Å². The van der Waals surface area contributed by atoms with E-state index in [1.807, 2.05) is 0 Å². The van der Waals surface area contributed by atoms with Crippen LogP contribution in [-0.2, 0) is 27.2 Å². The number of hydrogen-bond donors (Lipinski definition) is 0. The summed E-state index contributed by atoms with van der Waals surface area (Å²) < 4.78 is 47.7. The Bertz CT molecular complexity index is 1500. The fourth-order valence-corrected chi connectivity index (χ4v) is 18.4. The van der Waals surface area contributed by atoms with E-state index in [1.165, 1.54) is 57.8 Å². The van der Waals surface area contributed by atoms with E-state index in [0.717, 1.165) is 94.8 Å². The van der Waals surface area contributed by atoms with E-state index in [-0.39, 0.29) is 30.2 Å². The zero-order valence-electron chi connectivity index (χ0n) is 44.5. The van der Waals surface area contributed by atoms with Gasteiger partial charge in [0.2, 0.25) is 12.0 Å². The molecular weight excluding hydrogens is 881 g/mol. The fourth-order valence-electron chi connectivity index (χ4n) is 8.82. The van der Waals surface area contributed by atoms with Crippen molar-refractivity contribution in [1.82, 2.24) is 9.97 Å². The molecule has 0 saturated carbocycles.